The normalized spacial score (nSPS) is 15.0. The first kappa shape index (κ1) is 17.7. The molecule has 0 fully saturated rings. The summed E-state index contributed by atoms with van der Waals surface area (Å²) in [6.45, 7) is 6.23. The van der Waals surface area contributed by atoms with Crippen molar-refractivity contribution in [1.29, 1.82) is 0 Å². The van der Waals surface area contributed by atoms with Gasteiger partial charge in [0.05, 0.1) is 5.92 Å². The Labute approximate surface area is 116 Å². The summed E-state index contributed by atoms with van der Waals surface area (Å²) in [7, 11) is 0. The second-order valence-electron chi connectivity index (χ2n) is 5.00. The van der Waals surface area contributed by atoms with Crippen molar-refractivity contribution in [1.82, 2.24) is 5.32 Å². The number of unbranched alkanes of at least 4 members (excludes halogenated alkanes) is 1. The molecule has 5 nitrogen and oxygen atoms in total. The molecular weight excluding hydrogens is 242 g/mol. The lowest BCUT2D eigenvalue weighted by molar-refractivity contribution is -0.124. The fraction of sp³-hybridized carbons (Fsp3) is 0.857. The molecule has 112 valence electrons. The van der Waals surface area contributed by atoms with Crippen molar-refractivity contribution < 1.29 is 10.0 Å². The van der Waals surface area contributed by atoms with E-state index < -0.39 is 5.92 Å². The largest absolute Gasteiger partial charge is 0.409 e. The highest BCUT2D eigenvalue weighted by Gasteiger charge is 2.24. The van der Waals surface area contributed by atoms with Gasteiger partial charge >= 0.3 is 0 Å². The number of carbonyl (C=O) groups excluding carboxylic acids is 1. The van der Waals surface area contributed by atoms with Gasteiger partial charge in [0, 0.05) is 6.04 Å². The van der Waals surface area contributed by atoms with Crippen LogP contribution in [0.1, 0.15) is 65.7 Å². The standard InChI is InChI=1S/C14H29N3O2/c1-4-7-10-11(8-5-2)16-14(18)12(9-6-3)13(15)17-19/h11-12,19H,4-10H2,1-3H3,(H2,15,17)(H,16,18). The van der Waals surface area contributed by atoms with E-state index in [1.807, 2.05) is 6.92 Å². The maximum absolute atomic E-state index is 12.2. The molecule has 0 rings (SSSR count). The minimum absolute atomic E-state index is 0.00471. The highest BCUT2D eigenvalue weighted by molar-refractivity contribution is 6.02. The Morgan fingerprint density at radius 2 is 1.79 bits per heavy atom. The fourth-order valence-corrected chi connectivity index (χ4v) is 2.16. The van der Waals surface area contributed by atoms with E-state index in [0.29, 0.717) is 6.42 Å². The average molecular weight is 271 g/mol. The van der Waals surface area contributed by atoms with Gasteiger partial charge in [0.1, 0.15) is 0 Å². The number of hydrogen-bond acceptors (Lipinski definition) is 3. The number of carbonyl (C=O) groups is 1. The lowest BCUT2D eigenvalue weighted by atomic mass is 9.99. The van der Waals surface area contributed by atoms with Crippen molar-refractivity contribution in [2.75, 3.05) is 0 Å². The molecular formula is C14H29N3O2. The second kappa shape index (κ2) is 10.6. The van der Waals surface area contributed by atoms with Gasteiger partial charge in [-0.3, -0.25) is 4.79 Å². The maximum atomic E-state index is 12.2. The zero-order valence-corrected chi connectivity index (χ0v) is 12.5. The molecule has 0 aliphatic rings. The number of rotatable bonds is 10. The first-order valence-corrected chi connectivity index (χ1v) is 7.38. The third-order valence-electron chi connectivity index (χ3n) is 3.26. The maximum Gasteiger partial charge on any atom is 0.231 e. The van der Waals surface area contributed by atoms with Crippen LogP contribution in [0.5, 0.6) is 0 Å². The Bertz CT molecular complexity index is 280. The summed E-state index contributed by atoms with van der Waals surface area (Å²) in [5.41, 5.74) is 5.59. The van der Waals surface area contributed by atoms with Crippen LogP contribution in [0, 0.1) is 5.92 Å². The zero-order valence-electron chi connectivity index (χ0n) is 12.5. The van der Waals surface area contributed by atoms with Crippen LogP contribution in [0.15, 0.2) is 5.16 Å². The van der Waals surface area contributed by atoms with Crippen LogP contribution < -0.4 is 11.1 Å². The molecule has 5 heteroatoms. The lowest BCUT2D eigenvalue weighted by Gasteiger charge is -2.21. The summed E-state index contributed by atoms with van der Waals surface area (Å²) >= 11 is 0. The predicted molar refractivity (Wildman–Crippen MR) is 78.2 cm³/mol. The molecule has 0 aromatic carbocycles. The molecule has 0 radical (unpaired) electrons. The topological polar surface area (TPSA) is 87.7 Å². The molecule has 4 N–H and O–H groups in total. The van der Waals surface area contributed by atoms with E-state index in [2.05, 4.69) is 24.3 Å². The Hall–Kier alpha value is -1.26. The molecule has 0 aliphatic carbocycles. The number of amides is 1. The number of nitrogens with one attached hydrogen (secondary N) is 1. The molecule has 1 amide bonds. The van der Waals surface area contributed by atoms with Gasteiger partial charge < -0.3 is 16.3 Å². The summed E-state index contributed by atoms with van der Waals surface area (Å²) in [6, 6.07) is 0.197. The van der Waals surface area contributed by atoms with Gasteiger partial charge in [-0.2, -0.15) is 0 Å². The van der Waals surface area contributed by atoms with Crippen LogP contribution in [-0.4, -0.2) is 23.0 Å². The molecule has 0 aromatic heterocycles. The van der Waals surface area contributed by atoms with Crippen LogP contribution in [0.2, 0.25) is 0 Å². The van der Waals surface area contributed by atoms with Crippen LogP contribution >= 0.6 is 0 Å². The smallest absolute Gasteiger partial charge is 0.231 e. The van der Waals surface area contributed by atoms with Crippen molar-refractivity contribution in [2.24, 2.45) is 16.8 Å². The number of nitrogens with zero attached hydrogens (tertiary/aromatic N) is 1. The Kier molecular flexibility index (Phi) is 9.94. The summed E-state index contributed by atoms with van der Waals surface area (Å²) in [6.07, 6.45) is 6.65. The number of hydrogen-bond donors (Lipinski definition) is 3. The van der Waals surface area contributed by atoms with E-state index in [0.717, 1.165) is 38.5 Å². The Morgan fingerprint density at radius 3 is 2.26 bits per heavy atom. The first-order valence-electron chi connectivity index (χ1n) is 7.38. The third kappa shape index (κ3) is 7.03. The minimum atomic E-state index is -0.518. The zero-order chi connectivity index (χ0) is 14.7. The van der Waals surface area contributed by atoms with Crippen molar-refractivity contribution in [3.63, 3.8) is 0 Å². The first-order chi connectivity index (χ1) is 9.10. The highest BCUT2D eigenvalue weighted by Crippen LogP contribution is 2.11. The van der Waals surface area contributed by atoms with E-state index in [1.54, 1.807) is 0 Å². The van der Waals surface area contributed by atoms with Gasteiger partial charge in [-0.15, -0.1) is 0 Å². The quantitative estimate of drug-likeness (QED) is 0.247. The Balaban J connectivity index is 4.55. The van der Waals surface area contributed by atoms with Gasteiger partial charge in [0.25, 0.3) is 0 Å². The molecule has 0 saturated heterocycles. The predicted octanol–water partition coefficient (Wildman–Crippen LogP) is 2.62. The van der Waals surface area contributed by atoms with E-state index in [-0.39, 0.29) is 17.8 Å². The van der Waals surface area contributed by atoms with E-state index in [1.165, 1.54) is 0 Å². The monoisotopic (exact) mass is 271 g/mol. The SMILES string of the molecule is CCCCC(CCC)NC(=O)C(CCC)C(N)=NO. The Morgan fingerprint density at radius 1 is 1.16 bits per heavy atom. The van der Waals surface area contributed by atoms with Gasteiger partial charge in [0.2, 0.25) is 5.91 Å². The van der Waals surface area contributed by atoms with Crippen LogP contribution in [0.25, 0.3) is 0 Å². The van der Waals surface area contributed by atoms with E-state index in [4.69, 9.17) is 10.9 Å². The van der Waals surface area contributed by atoms with Crippen molar-refractivity contribution >= 4 is 11.7 Å². The molecule has 0 aliphatic heterocycles. The average Bonchev–Trinajstić information content (AvgIpc) is 2.41. The molecule has 0 aromatic rings. The molecule has 0 spiro atoms. The van der Waals surface area contributed by atoms with Crippen molar-refractivity contribution in [3.8, 4) is 0 Å². The van der Waals surface area contributed by atoms with Crippen LogP contribution in [0.3, 0.4) is 0 Å². The molecule has 0 heterocycles. The number of amidine groups is 1. The van der Waals surface area contributed by atoms with Crippen LogP contribution in [-0.2, 0) is 4.79 Å². The molecule has 2 atom stereocenters. The second-order valence-corrected chi connectivity index (χ2v) is 5.00. The summed E-state index contributed by atoms with van der Waals surface area (Å²) in [5.74, 6) is -0.632. The summed E-state index contributed by atoms with van der Waals surface area (Å²) in [4.78, 5) is 12.2. The molecule has 19 heavy (non-hydrogen) atoms. The third-order valence-corrected chi connectivity index (χ3v) is 3.26. The molecule has 0 bridgehead atoms. The van der Waals surface area contributed by atoms with E-state index >= 15 is 0 Å². The summed E-state index contributed by atoms with van der Waals surface area (Å²) < 4.78 is 0. The van der Waals surface area contributed by atoms with Gasteiger partial charge in [0.15, 0.2) is 5.84 Å². The van der Waals surface area contributed by atoms with E-state index in [9.17, 15) is 4.79 Å². The van der Waals surface area contributed by atoms with Gasteiger partial charge in [-0.1, -0.05) is 51.6 Å². The van der Waals surface area contributed by atoms with Crippen LogP contribution in [0.4, 0.5) is 0 Å². The van der Waals surface area contributed by atoms with Gasteiger partial charge in [-0.25, -0.2) is 0 Å². The molecule has 2 unspecified atom stereocenters. The summed E-state index contributed by atoms with van der Waals surface area (Å²) in [5, 5.41) is 14.8. The minimum Gasteiger partial charge on any atom is -0.409 e. The number of oxime groups is 1. The fourth-order valence-electron chi connectivity index (χ4n) is 2.16. The highest BCUT2D eigenvalue weighted by atomic mass is 16.4. The lowest BCUT2D eigenvalue weighted by Crippen LogP contribution is -2.43. The number of nitrogens with two attached hydrogens (primary N) is 1. The van der Waals surface area contributed by atoms with Crippen molar-refractivity contribution in [2.45, 2.75) is 71.8 Å². The van der Waals surface area contributed by atoms with Gasteiger partial charge in [-0.05, 0) is 19.3 Å². The van der Waals surface area contributed by atoms with Crippen molar-refractivity contribution in [3.05, 3.63) is 0 Å². The molecule has 0 saturated carbocycles.